The summed E-state index contributed by atoms with van der Waals surface area (Å²) in [7, 11) is 0. The van der Waals surface area contributed by atoms with Crippen LogP contribution in [0.5, 0.6) is 0 Å². The van der Waals surface area contributed by atoms with E-state index in [9.17, 15) is 9.18 Å². The Hall–Kier alpha value is -3.51. The van der Waals surface area contributed by atoms with Crippen molar-refractivity contribution in [2.75, 3.05) is 26.2 Å². The molecular weight excluding hydrogens is 427 g/mol. The van der Waals surface area contributed by atoms with Gasteiger partial charge in [-0.3, -0.25) is 9.36 Å². The number of piperazine rings is 1. The van der Waals surface area contributed by atoms with Crippen LogP contribution >= 0.6 is 0 Å². The average Bonchev–Trinajstić information content (AvgIpc) is 3.21. The minimum absolute atomic E-state index is 0.0212. The molecule has 1 aliphatic heterocycles. The van der Waals surface area contributed by atoms with Gasteiger partial charge in [0.1, 0.15) is 11.5 Å². The predicted molar refractivity (Wildman–Crippen MR) is 133 cm³/mol. The van der Waals surface area contributed by atoms with E-state index in [0.29, 0.717) is 30.6 Å². The molecule has 1 aliphatic rings. The minimum atomic E-state index is -0.234. The zero-order chi connectivity index (χ0) is 23.7. The molecule has 34 heavy (non-hydrogen) atoms. The number of para-hydroxylation sites is 1. The number of rotatable bonds is 5. The predicted octanol–water partition coefficient (Wildman–Crippen LogP) is 4.67. The van der Waals surface area contributed by atoms with Crippen molar-refractivity contribution in [1.29, 1.82) is 0 Å². The third kappa shape index (κ3) is 3.88. The molecule has 3 heterocycles. The number of nitrogens with one attached hydrogen (secondary N) is 1. The summed E-state index contributed by atoms with van der Waals surface area (Å²) < 4.78 is 16.6. The molecule has 0 atom stereocenters. The molecule has 1 saturated heterocycles. The van der Waals surface area contributed by atoms with E-state index in [1.165, 1.54) is 6.07 Å². The number of fused-ring (bicyclic) bond motifs is 1. The smallest absolute Gasteiger partial charge is 0.256 e. The van der Waals surface area contributed by atoms with Crippen LogP contribution in [0, 0.1) is 12.7 Å². The summed E-state index contributed by atoms with van der Waals surface area (Å²) in [6.45, 7) is 6.78. The van der Waals surface area contributed by atoms with Gasteiger partial charge in [-0.1, -0.05) is 37.3 Å². The molecule has 5 rings (SSSR count). The fourth-order valence-corrected chi connectivity index (χ4v) is 4.91. The Balaban J connectivity index is 1.82. The van der Waals surface area contributed by atoms with Gasteiger partial charge in [-0.05, 0) is 54.3 Å². The summed E-state index contributed by atoms with van der Waals surface area (Å²) in [5, 5.41) is 4.23. The van der Waals surface area contributed by atoms with Crippen molar-refractivity contribution in [2.24, 2.45) is 0 Å². The van der Waals surface area contributed by atoms with Gasteiger partial charge >= 0.3 is 0 Å². The van der Waals surface area contributed by atoms with Crippen molar-refractivity contribution in [2.45, 2.75) is 26.7 Å². The third-order valence-electron chi connectivity index (χ3n) is 6.79. The Labute approximate surface area is 199 Å². The van der Waals surface area contributed by atoms with E-state index in [1.54, 1.807) is 13.0 Å². The molecule has 6 heteroatoms. The summed E-state index contributed by atoms with van der Waals surface area (Å²) >= 11 is 0. The van der Waals surface area contributed by atoms with E-state index in [2.05, 4.69) is 16.8 Å². The lowest BCUT2D eigenvalue weighted by molar-refractivity contribution is 0.0736. The number of pyridine rings is 1. The van der Waals surface area contributed by atoms with Crippen LogP contribution in [0.1, 0.15) is 39.7 Å². The molecule has 4 aromatic rings. The summed E-state index contributed by atoms with van der Waals surface area (Å²) in [4.78, 5) is 20.8. The molecule has 0 spiro atoms. The zero-order valence-corrected chi connectivity index (χ0v) is 19.6. The molecule has 174 valence electrons. The van der Waals surface area contributed by atoms with Crippen molar-refractivity contribution in [1.82, 2.24) is 19.8 Å². The number of carbonyl (C=O) groups excluding carboxylic acids is 1. The summed E-state index contributed by atoms with van der Waals surface area (Å²) in [6, 6.07) is 17.2. The van der Waals surface area contributed by atoms with Crippen LogP contribution in [-0.2, 0) is 12.8 Å². The SMILES string of the molecule is CCc1ccnc2c1c(C(=O)N1CCNCC1)c(Cc1cccc(F)c1C)n2-c1ccccc1. The fraction of sp³-hybridized carbons (Fsp3) is 0.286. The molecular formula is C28H29FN4O. The molecule has 0 saturated carbocycles. The molecule has 0 bridgehead atoms. The van der Waals surface area contributed by atoms with Crippen molar-refractivity contribution >= 4 is 16.9 Å². The van der Waals surface area contributed by atoms with E-state index >= 15 is 0 Å². The highest BCUT2D eigenvalue weighted by molar-refractivity contribution is 6.09. The number of carbonyl (C=O) groups is 1. The number of aromatic nitrogens is 2. The molecule has 5 nitrogen and oxygen atoms in total. The molecule has 1 N–H and O–H groups in total. The lowest BCUT2D eigenvalue weighted by Crippen LogP contribution is -2.46. The summed E-state index contributed by atoms with van der Waals surface area (Å²) in [5.41, 5.74) is 5.82. The standard InChI is InChI=1S/C28H29FN4O/c1-3-20-12-13-31-27-25(20)26(28(34)32-16-14-30-15-17-32)24(33(27)22-9-5-4-6-10-22)18-21-8-7-11-23(29)19(21)2/h4-13,30H,3,14-18H2,1-2H3. The third-order valence-corrected chi connectivity index (χ3v) is 6.79. The van der Waals surface area contributed by atoms with Gasteiger partial charge in [-0.2, -0.15) is 0 Å². The van der Waals surface area contributed by atoms with Crippen LogP contribution < -0.4 is 5.32 Å². The molecule has 1 fully saturated rings. The van der Waals surface area contributed by atoms with Crippen molar-refractivity contribution in [3.8, 4) is 5.69 Å². The Kier molecular flexibility index (Phi) is 6.16. The second-order valence-electron chi connectivity index (χ2n) is 8.76. The van der Waals surface area contributed by atoms with Crippen LogP contribution in [0.2, 0.25) is 0 Å². The van der Waals surface area contributed by atoms with Gasteiger partial charge in [0.15, 0.2) is 0 Å². The quantitative estimate of drug-likeness (QED) is 0.475. The van der Waals surface area contributed by atoms with Crippen LogP contribution in [0.15, 0.2) is 60.8 Å². The van der Waals surface area contributed by atoms with Gasteiger partial charge in [0, 0.05) is 55.6 Å². The number of benzene rings is 2. The topological polar surface area (TPSA) is 50.2 Å². The second kappa shape index (κ2) is 9.39. The Morgan fingerprint density at radius 1 is 1.03 bits per heavy atom. The van der Waals surface area contributed by atoms with Crippen molar-refractivity contribution < 1.29 is 9.18 Å². The van der Waals surface area contributed by atoms with Crippen LogP contribution in [0.25, 0.3) is 16.7 Å². The largest absolute Gasteiger partial charge is 0.336 e. The normalized spacial score (nSPS) is 14.0. The van der Waals surface area contributed by atoms with Crippen molar-refractivity contribution in [3.63, 3.8) is 0 Å². The summed E-state index contributed by atoms with van der Waals surface area (Å²) in [6.07, 6.45) is 3.04. The monoisotopic (exact) mass is 456 g/mol. The number of hydrogen-bond donors (Lipinski definition) is 1. The highest BCUT2D eigenvalue weighted by Gasteiger charge is 2.30. The molecule has 1 amide bonds. The maximum Gasteiger partial charge on any atom is 0.256 e. The number of amides is 1. The number of halogens is 1. The number of aryl methyl sites for hydroxylation is 1. The lowest BCUT2D eigenvalue weighted by atomic mass is 9.98. The fourth-order valence-electron chi connectivity index (χ4n) is 4.91. The maximum absolute atomic E-state index is 14.5. The molecule has 0 aliphatic carbocycles. The first-order valence-electron chi connectivity index (χ1n) is 11.9. The van der Waals surface area contributed by atoms with Gasteiger partial charge in [0.25, 0.3) is 5.91 Å². The van der Waals surface area contributed by atoms with Gasteiger partial charge in [0.2, 0.25) is 0 Å². The molecule has 2 aromatic carbocycles. The molecule has 2 aromatic heterocycles. The first kappa shape index (κ1) is 22.3. The van der Waals surface area contributed by atoms with Gasteiger partial charge in [-0.25, -0.2) is 9.37 Å². The number of hydrogen-bond acceptors (Lipinski definition) is 3. The second-order valence-corrected chi connectivity index (χ2v) is 8.76. The van der Waals surface area contributed by atoms with E-state index < -0.39 is 0 Å². The van der Waals surface area contributed by atoms with Gasteiger partial charge < -0.3 is 10.2 Å². The molecule has 0 unspecified atom stereocenters. The maximum atomic E-state index is 14.5. The van der Waals surface area contributed by atoms with Gasteiger partial charge in [0.05, 0.1) is 5.56 Å². The van der Waals surface area contributed by atoms with E-state index in [4.69, 9.17) is 4.98 Å². The highest BCUT2D eigenvalue weighted by atomic mass is 19.1. The van der Waals surface area contributed by atoms with Crippen LogP contribution in [-0.4, -0.2) is 46.5 Å². The van der Waals surface area contributed by atoms with E-state index in [-0.39, 0.29) is 11.7 Å². The van der Waals surface area contributed by atoms with E-state index in [0.717, 1.165) is 53.1 Å². The lowest BCUT2D eigenvalue weighted by Gasteiger charge is -2.28. The Morgan fingerprint density at radius 2 is 1.79 bits per heavy atom. The Morgan fingerprint density at radius 3 is 2.53 bits per heavy atom. The first-order valence-corrected chi connectivity index (χ1v) is 11.9. The molecule has 0 radical (unpaired) electrons. The van der Waals surface area contributed by atoms with Gasteiger partial charge in [-0.15, -0.1) is 0 Å². The van der Waals surface area contributed by atoms with Crippen LogP contribution in [0.3, 0.4) is 0 Å². The average molecular weight is 457 g/mol. The Bertz CT molecular complexity index is 1340. The van der Waals surface area contributed by atoms with Crippen LogP contribution in [0.4, 0.5) is 4.39 Å². The zero-order valence-electron chi connectivity index (χ0n) is 19.6. The first-order chi connectivity index (χ1) is 16.6. The minimum Gasteiger partial charge on any atom is -0.336 e. The number of nitrogens with zero attached hydrogens (tertiary/aromatic N) is 3. The van der Waals surface area contributed by atoms with E-state index in [1.807, 2.05) is 53.6 Å². The highest BCUT2D eigenvalue weighted by Crippen LogP contribution is 2.34. The summed E-state index contributed by atoms with van der Waals surface area (Å²) in [5.74, 6) is -0.213. The van der Waals surface area contributed by atoms with Crippen molar-refractivity contribution in [3.05, 3.63) is 94.6 Å².